The molecule has 0 saturated carbocycles. The molecule has 1 aromatic heterocycles. The summed E-state index contributed by atoms with van der Waals surface area (Å²) in [5, 5.41) is 3.98. The Morgan fingerprint density at radius 3 is 3.17 bits per heavy atom. The lowest BCUT2D eigenvalue weighted by Gasteiger charge is -1.96. The van der Waals surface area contributed by atoms with Gasteiger partial charge in [-0.1, -0.05) is 0 Å². The van der Waals surface area contributed by atoms with E-state index in [-0.39, 0.29) is 0 Å². The number of hydrogen-bond acceptors (Lipinski definition) is 2. The lowest BCUT2D eigenvalue weighted by molar-refractivity contribution is 0.112. The van der Waals surface area contributed by atoms with Crippen molar-refractivity contribution in [1.82, 2.24) is 9.78 Å². The third kappa shape index (κ3) is 2.24. The van der Waals surface area contributed by atoms with E-state index in [0.717, 1.165) is 25.7 Å². The summed E-state index contributed by atoms with van der Waals surface area (Å²) >= 11 is 0. The van der Waals surface area contributed by atoms with Gasteiger partial charge in [-0.05, 0) is 6.42 Å². The lowest BCUT2D eigenvalue weighted by Crippen LogP contribution is -1.97. The standard InChI is InChI=1S/C9H10N2O/c1-2-3-4-5-11-7-9(8-12)6-10-11/h1,6-8H,3-5H2. The topological polar surface area (TPSA) is 34.9 Å². The number of carbonyl (C=O) groups is 1. The van der Waals surface area contributed by atoms with Gasteiger partial charge >= 0.3 is 0 Å². The minimum absolute atomic E-state index is 0.607. The lowest BCUT2D eigenvalue weighted by atomic mass is 10.3. The molecule has 0 fully saturated rings. The molecular formula is C9H10N2O. The first kappa shape index (κ1) is 8.54. The van der Waals surface area contributed by atoms with Crippen LogP contribution in [0.4, 0.5) is 0 Å². The Bertz CT molecular complexity index is 296. The van der Waals surface area contributed by atoms with E-state index in [1.165, 1.54) is 0 Å². The molecule has 62 valence electrons. The summed E-state index contributed by atoms with van der Waals surface area (Å²) in [6, 6.07) is 0. The van der Waals surface area contributed by atoms with Gasteiger partial charge in [0, 0.05) is 19.2 Å². The van der Waals surface area contributed by atoms with E-state index in [9.17, 15) is 4.79 Å². The van der Waals surface area contributed by atoms with Crippen molar-refractivity contribution in [3.8, 4) is 12.3 Å². The summed E-state index contributed by atoms with van der Waals surface area (Å²) in [7, 11) is 0. The van der Waals surface area contributed by atoms with Crippen molar-refractivity contribution in [2.75, 3.05) is 0 Å². The zero-order valence-electron chi connectivity index (χ0n) is 6.73. The second-order valence-electron chi connectivity index (χ2n) is 2.46. The van der Waals surface area contributed by atoms with E-state index >= 15 is 0 Å². The van der Waals surface area contributed by atoms with Crippen LogP contribution in [0.1, 0.15) is 23.2 Å². The van der Waals surface area contributed by atoms with Crippen molar-refractivity contribution in [2.24, 2.45) is 0 Å². The highest BCUT2D eigenvalue weighted by Gasteiger charge is 1.94. The van der Waals surface area contributed by atoms with Crippen molar-refractivity contribution in [2.45, 2.75) is 19.4 Å². The first-order valence-corrected chi connectivity index (χ1v) is 3.78. The second-order valence-corrected chi connectivity index (χ2v) is 2.46. The van der Waals surface area contributed by atoms with Crippen molar-refractivity contribution in [3.05, 3.63) is 18.0 Å². The SMILES string of the molecule is C#CCCCn1cc(C=O)cn1. The average Bonchev–Trinajstić information content (AvgIpc) is 2.53. The van der Waals surface area contributed by atoms with Gasteiger partial charge in [0.15, 0.2) is 6.29 Å². The van der Waals surface area contributed by atoms with Crippen LogP contribution in [-0.2, 0) is 6.54 Å². The van der Waals surface area contributed by atoms with Gasteiger partial charge in [-0.15, -0.1) is 12.3 Å². The Labute approximate surface area is 71.4 Å². The van der Waals surface area contributed by atoms with Gasteiger partial charge in [-0.25, -0.2) is 0 Å². The predicted molar refractivity (Wildman–Crippen MR) is 45.7 cm³/mol. The number of terminal acetylenes is 1. The van der Waals surface area contributed by atoms with Crippen LogP contribution in [0.5, 0.6) is 0 Å². The summed E-state index contributed by atoms with van der Waals surface area (Å²) < 4.78 is 1.72. The van der Waals surface area contributed by atoms with Gasteiger partial charge in [0.2, 0.25) is 0 Å². The highest BCUT2D eigenvalue weighted by Crippen LogP contribution is 1.96. The first-order chi connectivity index (χ1) is 5.86. The molecular weight excluding hydrogens is 152 g/mol. The maximum absolute atomic E-state index is 10.3. The number of unbranched alkanes of at least 4 members (excludes halogenated alkanes) is 1. The summed E-state index contributed by atoms with van der Waals surface area (Å²) in [4.78, 5) is 10.3. The van der Waals surface area contributed by atoms with Crippen LogP contribution < -0.4 is 0 Å². The minimum Gasteiger partial charge on any atom is -0.298 e. The van der Waals surface area contributed by atoms with Crippen molar-refractivity contribution < 1.29 is 4.79 Å². The second kappa shape index (κ2) is 4.35. The third-order valence-corrected chi connectivity index (χ3v) is 1.50. The quantitative estimate of drug-likeness (QED) is 0.377. The molecule has 0 atom stereocenters. The average molecular weight is 162 g/mol. The predicted octanol–water partition coefficient (Wildman–Crippen LogP) is 1.11. The number of rotatable bonds is 4. The molecule has 0 unspecified atom stereocenters. The molecule has 0 amide bonds. The van der Waals surface area contributed by atoms with Gasteiger partial charge in [0.1, 0.15) is 0 Å². The molecule has 0 aliphatic rings. The fourth-order valence-corrected chi connectivity index (χ4v) is 0.906. The van der Waals surface area contributed by atoms with Gasteiger partial charge in [-0.2, -0.15) is 5.10 Å². The Morgan fingerprint density at radius 2 is 2.58 bits per heavy atom. The molecule has 0 aliphatic carbocycles. The van der Waals surface area contributed by atoms with Crippen LogP contribution in [0.3, 0.4) is 0 Å². The number of nitrogens with zero attached hydrogens (tertiary/aromatic N) is 2. The molecule has 3 heteroatoms. The van der Waals surface area contributed by atoms with E-state index in [2.05, 4.69) is 11.0 Å². The van der Waals surface area contributed by atoms with E-state index in [1.54, 1.807) is 17.1 Å². The van der Waals surface area contributed by atoms with Crippen molar-refractivity contribution >= 4 is 6.29 Å². The molecule has 1 aromatic rings. The van der Waals surface area contributed by atoms with Crippen LogP contribution in [0.2, 0.25) is 0 Å². The van der Waals surface area contributed by atoms with Crippen LogP contribution in [-0.4, -0.2) is 16.1 Å². The first-order valence-electron chi connectivity index (χ1n) is 3.78. The van der Waals surface area contributed by atoms with E-state index in [4.69, 9.17) is 6.42 Å². The maximum Gasteiger partial charge on any atom is 0.153 e. The Morgan fingerprint density at radius 1 is 1.75 bits per heavy atom. The largest absolute Gasteiger partial charge is 0.298 e. The van der Waals surface area contributed by atoms with Crippen molar-refractivity contribution in [3.63, 3.8) is 0 Å². The van der Waals surface area contributed by atoms with Crippen LogP contribution in [0.25, 0.3) is 0 Å². The Balaban J connectivity index is 2.42. The smallest absolute Gasteiger partial charge is 0.153 e. The highest BCUT2D eigenvalue weighted by molar-refractivity contribution is 5.73. The van der Waals surface area contributed by atoms with Gasteiger partial charge in [0.25, 0.3) is 0 Å². The number of aryl methyl sites for hydroxylation is 1. The summed E-state index contributed by atoms with van der Waals surface area (Å²) in [5.74, 6) is 2.55. The molecule has 0 aliphatic heterocycles. The monoisotopic (exact) mass is 162 g/mol. The number of hydrogen-bond donors (Lipinski definition) is 0. The molecule has 12 heavy (non-hydrogen) atoms. The van der Waals surface area contributed by atoms with Crippen LogP contribution in [0.15, 0.2) is 12.4 Å². The molecule has 0 N–H and O–H groups in total. The molecule has 0 bridgehead atoms. The Hall–Kier alpha value is -1.56. The Kier molecular flexibility index (Phi) is 3.09. The van der Waals surface area contributed by atoms with Gasteiger partial charge in [-0.3, -0.25) is 9.48 Å². The highest BCUT2D eigenvalue weighted by atomic mass is 16.1. The number of carbonyl (C=O) groups excluding carboxylic acids is 1. The molecule has 1 heterocycles. The molecule has 0 saturated heterocycles. The fourth-order valence-electron chi connectivity index (χ4n) is 0.906. The van der Waals surface area contributed by atoms with E-state index < -0.39 is 0 Å². The summed E-state index contributed by atoms with van der Waals surface area (Å²) in [6.07, 6.45) is 10.8. The van der Waals surface area contributed by atoms with E-state index in [1.807, 2.05) is 0 Å². The number of aromatic nitrogens is 2. The summed E-state index contributed by atoms with van der Waals surface area (Å²) in [5.41, 5.74) is 0.607. The molecule has 0 radical (unpaired) electrons. The van der Waals surface area contributed by atoms with Crippen LogP contribution in [0, 0.1) is 12.3 Å². The van der Waals surface area contributed by atoms with Gasteiger partial charge in [0.05, 0.1) is 11.8 Å². The molecule has 0 spiro atoms. The van der Waals surface area contributed by atoms with Crippen LogP contribution >= 0.6 is 0 Å². The third-order valence-electron chi connectivity index (χ3n) is 1.50. The molecule has 3 nitrogen and oxygen atoms in total. The molecule has 1 rings (SSSR count). The maximum atomic E-state index is 10.3. The zero-order valence-corrected chi connectivity index (χ0v) is 6.73. The molecule has 0 aromatic carbocycles. The minimum atomic E-state index is 0.607. The zero-order chi connectivity index (χ0) is 8.81. The number of aldehydes is 1. The van der Waals surface area contributed by atoms with Gasteiger partial charge < -0.3 is 0 Å². The fraction of sp³-hybridized carbons (Fsp3) is 0.333. The van der Waals surface area contributed by atoms with E-state index in [0.29, 0.717) is 5.56 Å². The normalized spacial score (nSPS) is 9.25. The summed E-state index contributed by atoms with van der Waals surface area (Å²) in [6.45, 7) is 0.776. The van der Waals surface area contributed by atoms with Crippen molar-refractivity contribution in [1.29, 1.82) is 0 Å².